The van der Waals surface area contributed by atoms with E-state index in [1.54, 1.807) is 11.1 Å². The minimum Gasteiger partial charge on any atom is -0.378 e. The zero-order valence-electron chi connectivity index (χ0n) is 16.1. The van der Waals surface area contributed by atoms with Gasteiger partial charge in [-0.25, -0.2) is 0 Å². The number of rotatable bonds is 4. The summed E-state index contributed by atoms with van der Waals surface area (Å²) in [5.41, 5.74) is 8.79. The van der Waals surface area contributed by atoms with Crippen LogP contribution < -0.4 is 4.90 Å². The second-order valence-electron chi connectivity index (χ2n) is 7.70. The molecule has 0 radical (unpaired) electrons. The van der Waals surface area contributed by atoms with E-state index in [4.69, 9.17) is 4.74 Å². The Balaban J connectivity index is 1.67. The average Bonchev–Trinajstić information content (AvgIpc) is 3.32. The molecule has 0 N–H and O–H groups in total. The summed E-state index contributed by atoms with van der Waals surface area (Å²) in [4.78, 5) is 4.72. The molecule has 0 saturated carbocycles. The Morgan fingerprint density at radius 2 is 1.77 bits per heavy atom. The fourth-order valence-corrected chi connectivity index (χ4v) is 4.34. The predicted octanol–water partition coefficient (Wildman–Crippen LogP) is 4.63. The summed E-state index contributed by atoms with van der Waals surface area (Å²) < 4.78 is 5.61. The Hall–Kier alpha value is -2.00. The van der Waals surface area contributed by atoms with Gasteiger partial charge >= 0.3 is 0 Å². The lowest BCUT2D eigenvalue weighted by Crippen LogP contribution is -2.36. The van der Waals surface area contributed by atoms with Crippen molar-refractivity contribution in [3.8, 4) is 0 Å². The van der Waals surface area contributed by atoms with Crippen molar-refractivity contribution in [1.29, 1.82) is 0 Å². The van der Waals surface area contributed by atoms with Crippen molar-refractivity contribution in [1.82, 2.24) is 4.90 Å². The van der Waals surface area contributed by atoms with E-state index in [-0.39, 0.29) is 0 Å². The second-order valence-corrected chi connectivity index (χ2v) is 7.70. The molecule has 1 aliphatic heterocycles. The molecule has 3 aliphatic rings. The van der Waals surface area contributed by atoms with Crippen molar-refractivity contribution in [3.05, 3.63) is 58.3 Å². The van der Waals surface area contributed by atoms with E-state index in [1.807, 2.05) is 0 Å². The summed E-state index contributed by atoms with van der Waals surface area (Å²) in [6, 6.07) is 8.90. The molecule has 0 spiro atoms. The van der Waals surface area contributed by atoms with Gasteiger partial charge in [-0.05, 0) is 72.6 Å². The summed E-state index contributed by atoms with van der Waals surface area (Å²) in [6.45, 7) is 3.73. The first-order valence-electron chi connectivity index (χ1n) is 9.96. The van der Waals surface area contributed by atoms with Crippen molar-refractivity contribution in [2.24, 2.45) is 0 Å². The maximum atomic E-state index is 5.61. The van der Waals surface area contributed by atoms with E-state index < -0.39 is 0 Å². The topological polar surface area (TPSA) is 15.7 Å². The molecule has 1 aromatic carbocycles. The summed E-state index contributed by atoms with van der Waals surface area (Å²) >= 11 is 0. The molecule has 0 atom stereocenters. The normalized spacial score (nSPS) is 22.3. The number of morpholine rings is 1. The highest BCUT2D eigenvalue weighted by Crippen LogP contribution is 2.41. The summed E-state index contributed by atoms with van der Waals surface area (Å²) in [5, 5.41) is 0. The highest BCUT2D eigenvalue weighted by Gasteiger charge is 2.28. The first kappa shape index (κ1) is 17.4. The number of hydrogen-bond acceptors (Lipinski definition) is 3. The van der Waals surface area contributed by atoms with Gasteiger partial charge in [-0.15, -0.1) is 0 Å². The van der Waals surface area contributed by atoms with Gasteiger partial charge in [-0.3, -0.25) is 0 Å². The van der Waals surface area contributed by atoms with Crippen LogP contribution in [0.15, 0.2) is 52.8 Å². The van der Waals surface area contributed by atoms with Gasteiger partial charge in [-0.2, -0.15) is 0 Å². The molecule has 26 heavy (non-hydrogen) atoms. The molecular formula is C23H30N2O. The van der Waals surface area contributed by atoms with Crippen LogP contribution in [0.1, 0.15) is 37.7 Å². The van der Waals surface area contributed by atoms with Gasteiger partial charge in [0.05, 0.1) is 13.2 Å². The molecule has 0 amide bonds. The van der Waals surface area contributed by atoms with E-state index in [0.717, 1.165) is 32.7 Å². The lowest BCUT2D eigenvalue weighted by molar-refractivity contribution is 0.0547. The molecule has 138 valence electrons. The van der Waals surface area contributed by atoms with Crippen LogP contribution in [-0.2, 0) is 4.74 Å². The second kappa shape index (κ2) is 7.71. The highest BCUT2D eigenvalue weighted by atomic mass is 16.5. The fourth-order valence-electron chi connectivity index (χ4n) is 4.34. The zero-order valence-corrected chi connectivity index (χ0v) is 16.1. The van der Waals surface area contributed by atoms with Gasteiger partial charge in [0.25, 0.3) is 0 Å². The van der Waals surface area contributed by atoms with Gasteiger partial charge in [0.15, 0.2) is 0 Å². The number of ether oxygens (including phenoxy) is 1. The Bertz CT molecular complexity index is 734. The number of benzene rings is 1. The minimum atomic E-state index is 0.848. The van der Waals surface area contributed by atoms with Gasteiger partial charge in [0.1, 0.15) is 0 Å². The molecule has 1 aromatic rings. The van der Waals surface area contributed by atoms with E-state index >= 15 is 0 Å². The summed E-state index contributed by atoms with van der Waals surface area (Å²) in [7, 11) is 4.18. The van der Waals surface area contributed by atoms with Gasteiger partial charge in [0, 0.05) is 38.6 Å². The number of allylic oxidation sites excluding steroid dienone is 4. The van der Waals surface area contributed by atoms with Crippen molar-refractivity contribution in [3.63, 3.8) is 0 Å². The van der Waals surface area contributed by atoms with Crippen LogP contribution >= 0.6 is 0 Å². The first-order chi connectivity index (χ1) is 12.7. The number of hydrogen-bond donors (Lipinski definition) is 0. The molecule has 0 unspecified atom stereocenters. The summed E-state index contributed by atoms with van der Waals surface area (Å²) in [6.07, 6.45) is 11.1. The van der Waals surface area contributed by atoms with Crippen molar-refractivity contribution in [2.45, 2.75) is 32.1 Å². The van der Waals surface area contributed by atoms with E-state index in [2.05, 4.69) is 60.3 Å². The minimum absolute atomic E-state index is 0.848. The van der Waals surface area contributed by atoms with Gasteiger partial charge in [-0.1, -0.05) is 18.2 Å². The lowest BCUT2D eigenvalue weighted by Gasteiger charge is -2.32. The largest absolute Gasteiger partial charge is 0.378 e. The maximum absolute atomic E-state index is 5.61. The Kier molecular flexibility index (Phi) is 5.16. The molecule has 3 nitrogen and oxygen atoms in total. The molecule has 1 fully saturated rings. The maximum Gasteiger partial charge on any atom is 0.0642 e. The molecule has 4 rings (SSSR count). The highest BCUT2D eigenvalue weighted by molar-refractivity contribution is 5.65. The predicted molar refractivity (Wildman–Crippen MR) is 109 cm³/mol. The third-order valence-corrected chi connectivity index (χ3v) is 5.74. The van der Waals surface area contributed by atoms with Gasteiger partial charge < -0.3 is 14.5 Å². The lowest BCUT2D eigenvalue weighted by atomic mass is 10.0. The van der Waals surface area contributed by atoms with Crippen molar-refractivity contribution >= 4 is 11.8 Å². The molecule has 3 heteroatoms. The molecule has 2 aliphatic carbocycles. The fraction of sp³-hybridized carbons (Fsp3) is 0.478. The average molecular weight is 351 g/mol. The standard InChI is InChI=1S/C23H30N2O/c1-24(2)21-10-7-18(8-11-21)17-20-9-12-22(19-5-3-4-6-19)23(20)25-13-15-26-16-14-25/h5,7-8,10-11,17H,3-4,6,9,12-16H2,1-2H3. The van der Waals surface area contributed by atoms with Crippen LogP contribution in [0.4, 0.5) is 5.69 Å². The van der Waals surface area contributed by atoms with Crippen LogP contribution in [-0.4, -0.2) is 45.3 Å². The van der Waals surface area contributed by atoms with E-state index in [1.165, 1.54) is 48.2 Å². The van der Waals surface area contributed by atoms with Crippen LogP contribution in [0.5, 0.6) is 0 Å². The first-order valence-corrected chi connectivity index (χ1v) is 9.96. The molecular weight excluding hydrogens is 320 g/mol. The summed E-state index contributed by atoms with van der Waals surface area (Å²) in [5.74, 6) is 0. The van der Waals surface area contributed by atoms with Crippen LogP contribution in [0.3, 0.4) is 0 Å². The smallest absolute Gasteiger partial charge is 0.0642 e. The molecule has 0 bridgehead atoms. The molecule has 1 heterocycles. The van der Waals surface area contributed by atoms with Crippen LogP contribution in [0, 0.1) is 0 Å². The zero-order chi connectivity index (χ0) is 17.9. The SMILES string of the molecule is CN(C)c1ccc(C=C2CCC(C3=CCCC3)=C2N2CCOCC2)cc1. The third-order valence-electron chi connectivity index (χ3n) is 5.74. The monoisotopic (exact) mass is 350 g/mol. The number of anilines is 1. The van der Waals surface area contributed by atoms with E-state index in [9.17, 15) is 0 Å². The quantitative estimate of drug-likeness (QED) is 0.788. The van der Waals surface area contributed by atoms with Crippen LogP contribution in [0.25, 0.3) is 6.08 Å². The van der Waals surface area contributed by atoms with Crippen LogP contribution in [0.2, 0.25) is 0 Å². The Labute approximate surface area is 157 Å². The van der Waals surface area contributed by atoms with E-state index in [0.29, 0.717) is 0 Å². The third kappa shape index (κ3) is 3.59. The van der Waals surface area contributed by atoms with Gasteiger partial charge in [0.2, 0.25) is 0 Å². The molecule has 0 aromatic heterocycles. The van der Waals surface area contributed by atoms with Crippen molar-refractivity contribution < 1.29 is 4.74 Å². The Morgan fingerprint density at radius 3 is 2.42 bits per heavy atom. The Morgan fingerprint density at radius 1 is 1.00 bits per heavy atom. The molecule has 1 saturated heterocycles. The number of nitrogens with zero attached hydrogens (tertiary/aromatic N) is 2. The van der Waals surface area contributed by atoms with Crippen molar-refractivity contribution in [2.75, 3.05) is 45.3 Å².